The van der Waals surface area contributed by atoms with Crippen LogP contribution in [0.2, 0.25) is 0 Å². The van der Waals surface area contributed by atoms with Gasteiger partial charge < -0.3 is 19.7 Å². The lowest BCUT2D eigenvalue weighted by Gasteiger charge is -2.38. The number of ether oxygens (including phenoxy) is 2. The number of nitrogens with zero attached hydrogens (tertiary/aromatic N) is 1. The largest absolute Gasteiger partial charge is 0.508 e. The van der Waals surface area contributed by atoms with Crippen LogP contribution >= 0.6 is 0 Å². The van der Waals surface area contributed by atoms with Crippen molar-refractivity contribution in [2.75, 3.05) is 18.0 Å². The zero-order chi connectivity index (χ0) is 31.2. The number of hydrogen-bond donors (Lipinski definition) is 2. The van der Waals surface area contributed by atoms with Gasteiger partial charge in [0.15, 0.2) is 0 Å². The van der Waals surface area contributed by atoms with Crippen molar-refractivity contribution in [3.8, 4) is 22.6 Å². The summed E-state index contributed by atoms with van der Waals surface area (Å²) in [4.78, 5) is 23.4. The first-order valence-electron chi connectivity index (χ1n) is 12.3. The molecule has 0 radical (unpaired) electrons. The van der Waals surface area contributed by atoms with Gasteiger partial charge in [0.1, 0.15) is 29.0 Å². The van der Waals surface area contributed by atoms with Crippen LogP contribution in [0.4, 0.5) is 23.2 Å². The quantitative estimate of drug-likeness (QED) is 0.266. The van der Waals surface area contributed by atoms with Gasteiger partial charge in [0.25, 0.3) is 10.0 Å². The molecule has 0 saturated heterocycles. The molecule has 0 aliphatic carbocycles. The summed E-state index contributed by atoms with van der Waals surface area (Å²) >= 11 is 0. The summed E-state index contributed by atoms with van der Waals surface area (Å²) in [5, 5.41) is 19.5. The maximum absolute atomic E-state index is 14.5. The first-order valence-corrected chi connectivity index (χ1v) is 13.7. The molecule has 9 nitrogen and oxygen atoms in total. The summed E-state index contributed by atoms with van der Waals surface area (Å²) in [6.07, 6.45) is -5.84. The van der Waals surface area contributed by atoms with Crippen LogP contribution in [0.15, 0.2) is 59.5 Å². The summed E-state index contributed by atoms with van der Waals surface area (Å²) < 4.78 is 94.2. The Bertz CT molecular complexity index is 1670. The Morgan fingerprint density at radius 3 is 2.40 bits per heavy atom. The van der Waals surface area contributed by atoms with E-state index in [0.29, 0.717) is 12.1 Å². The molecule has 1 heterocycles. The Morgan fingerprint density at radius 1 is 1.10 bits per heavy atom. The number of rotatable bonds is 7. The van der Waals surface area contributed by atoms with Crippen molar-refractivity contribution >= 4 is 27.6 Å². The van der Waals surface area contributed by atoms with Crippen molar-refractivity contribution in [2.24, 2.45) is 5.41 Å². The number of hydrogen-bond acceptors (Lipinski definition) is 7. The minimum atomic E-state index is -4.83. The van der Waals surface area contributed by atoms with E-state index in [1.807, 2.05) is 0 Å². The van der Waals surface area contributed by atoms with E-state index in [4.69, 9.17) is 9.47 Å². The van der Waals surface area contributed by atoms with Gasteiger partial charge in [-0.05, 0) is 55.8 Å². The zero-order valence-electron chi connectivity index (χ0n) is 22.4. The summed E-state index contributed by atoms with van der Waals surface area (Å²) in [5.41, 5.74) is -3.63. The number of benzene rings is 3. The zero-order valence-corrected chi connectivity index (χ0v) is 23.2. The minimum Gasteiger partial charge on any atom is -0.508 e. The normalized spacial score (nSPS) is 15.5. The molecule has 0 amide bonds. The second kappa shape index (κ2) is 10.8. The number of carboxylic acids is 1. The number of phenols is 1. The fourth-order valence-corrected chi connectivity index (χ4v) is 6.28. The standard InChI is InChI=1S/C28H25F4NO8S/c1-27(2,26(37)40-3)13-18-14-33(42(38,39)19-6-4-5-16(10-19)28(30,31)32)22-9-15(7-8-23(22)41-18)20-11-17(34)12-21(29)24(20)25(35)36/h4-12,18,34H,13-14H2,1-3H3,(H,35,36)/t18-/m0/s1. The van der Waals surface area contributed by atoms with Crippen LogP contribution in [0.3, 0.4) is 0 Å². The molecule has 1 aliphatic rings. The number of alkyl halides is 3. The van der Waals surface area contributed by atoms with Crippen LogP contribution in [-0.2, 0) is 25.7 Å². The molecule has 224 valence electrons. The molecule has 0 saturated carbocycles. The van der Waals surface area contributed by atoms with E-state index < -0.39 is 73.8 Å². The van der Waals surface area contributed by atoms with Crippen molar-refractivity contribution in [2.45, 2.75) is 37.4 Å². The summed E-state index contributed by atoms with van der Waals surface area (Å²) in [6, 6.07) is 8.47. The van der Waals surface area contributed by atoms with E-state index in [0.717, 1.165) is 28.6 Å². The van der Waals surface area contributed by atoms with E-state index in [-0.39, 0.29) is 29.0 Å². The van der Waals surface area contributed by atoms with Gasteiger partial charge in [-0.15, -0.1) is 0 Å². The summed E-state index contributed by atoms with van der Waals surface area (Å²) in [7, 11) is -3.53. The van der Waals surface area contributed by atoms with Crippen molar-refractivity contribution < 1.29 is 55.3 Å². The molecule has 0 fully saturated rings. The van der Waals surface area contributed by atoms with Gasteiger partial charge >= 0.3 is 18.1 Å². The van der Waals surface area contributed by atoms with Crippen molar-refractivity contribution in [1.82, 2.24) is 0 Å². The van der Waals surface area contributed by atoms with Crippen molar-refractivity contribution in [3.63, 3.8) is 0 Å². The number of aromatic carboxylic acids is 1. The highest BCUT2D eigenvalue weighted by molar-refractivity contribution is 7.92. The van der Waals surface area contributed by atoms with E-state index in [2.05, 4.69) is 0 Å². The number of carbonyl (C=O) groups is 2. The predicted molar refractivity (Wildman–Crippen MR) is 141 cm³/mol. The first-order chi connectivity index (χ1) is 19.5. The van der Waals surface area contributed by atoms with Crippen LogP contribution in [0.5, 0.6) is 11.5 Å². The highest BCUT2D eigenvalue weighted by Crippen LogP contribution is 2.43. The fourth-order valence-electron chi connectivity index (χ4n) is 4.74. The third kappa shape index (κ3) is 5.84. The fraction of sp³-hybridized carbons (Fsp3) is 0.286. The monoisotopic (exact) mass is 611 g/mol. The smallest absolute Gasteiger partial charge is 0.416 e. The summed E-state index contributed by atoms with van der Waals surface area (Å²) in [6.45, 7) is 2.66. The third-order valence-corrected chi connectivity index (χ3v) is 8.49. The maximum Gasteiger partial charge on any atom is 0.416 e. The molecule has 0 aromatic heterocycles. The minimum absolute atomic E-state index is 0.0258. The lowest BCUT2D eigenvalue weighted by molar-refractivity contribution is -0.152. The second-order valence-electron chi connectivity index (χ2n) is 10.2. The molecule has 14 heteroatoms. The molecule has 1 atom stereocenters. The highest BCUT2D eigenvalue weighted by Gasteiger charge is 2.41. The average Bonchev–Trinajstić information content (AvgIpc) is 2.90. The number of sulfonamides is 1. The molecule has 4 rings (SSSR count). The molecular formula is C28H25F4NO8S. The summed E-state index contributed by atoms with van der Waals surface area (Å²) in [5.74, 6) is -4.16. The Kier molecular flexibility index (Phi) is 7.89. The number of esters is 1. The molecule has 0 bridgehead atoms. The van der Waals surface area contributed by atoms with Gasteiger partial charge in [-0.3, -0.25) is 9.10 Å². The number of carboxylic acid groups (broad SMARTS) is 1. The molecule has 0 unspecified atom stereocenters. The van der Waals surface area contributed by atoms with Crippen LogP contribution in [0, 0.1) is 11.2 Å². The number of halogens is 4. The van der Waals surface area contributed by atoms with E-state index >= 15 is 0 Å². The van der Waals surface area contributed by atoms with Crippen LogP contribution < -0.4 is 9.04 Å². The topological polar surface area (TPSA) is 130 Å². The van der Waals surface area contributed by atoms with E-state index in [9.17, 15) is 45.8 Å². The SMILES string of the molecule is COC(=O)C(C)(C)C[C@H]1CN(S(=O)(=O)c2cccc(C(F)(F)F)c2)c2cc(-c3cc(O)cc(F)c3C(=O)O)ccc2O1. The van der Waals surface area contributed by atoms with E-state index in [1.54, 1.807) is 13.8 Å². The maximum atomic E-state index is 14.5. The third-order valence-electron chi connectivity index (χ3n) is 6.72. The van der Waals surface area contributed by atoms with Crippen molar-refractivity contribution in [1.29, 1.82) is 0 Å². The Hall–Kier alpha value is -4.33. The van der Waals surface area contributed by atoms with Gasteiger partial charge in [-0.25, -0.2) is 17.6 Å². The molecule has 3 aromatic carbocycles. The average molecular weight is 612 g/mol. The number of phenolic OH excluding ortho intramolecular Hbond substituents is 1. The predicted octanol–water partition coefficient (Wildman–Crippen LogP) is 5.46. The molecule has 3 aromatic rings. The number of anilines is 1. The van der Waals surface area contributed by atoms with Gasteiger partial charge in [0.05, 0.1) is 35.2 Å². The number of carbonyl (C=O) groups excluding carboxylic acids is 1. The van der Waals surface area contributed by atoms with Crippen LogP contribution in [0.25, 0.3) is 11.1 Å². The first kappa shape index (κ1) is 30.6. The van der Waals surface area contributed by atoms with Crippen molar-refractivity contribution in [3.05, 3.63) is 71.5 Å². The molecule has 2 N–H and O–H groups in total. The van der Waals surface area contributed by atoms with Gasteiger partial charge in [0, 0.05) is 18.1 Å². The molecular weight excluding hydrogens is 586 g/mol. The van der Waals surface area contributed by atoms with Crippen LogP contribution in [-0.4, -0.2) is 50.3 Å². The number of methoxy groups -OCH3 is 1. The lowest BCUT2D eigenvalue weighted by atomic mass is 9.86. The van der Waals surface area contributed by atoms with Crippen LogP contribution in [0.1, 0.15) is 36.2 Å². The Labute approximate surface area is 238 Å². The molecule has 0 spiro atoms. The lowest BCUT2D eigenvalue weighted by Crippen LogP contribution is -2.46. The molecule has 1 aliphatic heterocycles. The Morgan fingerprint density at radius 2 is 1.79 bits per heavy atom. The molecule has 42 heavy (non-hydrogen) atoms. The van der Waals surface area contributed by atoms with Gasteiger partial charge in [-0.1, -0.05) is 12.1 Å². The number of aromatic hydroxyl groups is 1. The van der Waals surface area contributed by atoms with Gasteiger partial charge in [0.2, 0.25) is 0 Å². The van der Waals surface area contributed by atoms with E-state index in [1.165, 1.54) is 25.3 Å². The van der Waals surface area contributed by atoms with Gasteiger partial charge in [-0.2, -0.15) is 13.2 Å². The number of fused-ring (bicyclic) bond motifs is 1. The Balaban J connectivity index is 1.90. The highest BCUT2D eigenvalue weighted by atomic mass is 32.2. The second-order valence-corrected chi connectivity index (χ2v) is 12.1.